The van der Waals surface area contributed by atoms with Gasteiger partial charge in [0.25, 0.3) is 0 Å². The van der Waals surface area contributed by atoms with Crippen molar-refractivity contribution in [2.75, 3.05) is 6.54 Å². The third kappa shape index (κ3) is 1.84. The minimum atomic E-state index is -0.991. The minimum absolute atomic E-state index is 0.0480. The number of ether oxygens (including phenoxy) is 1. The Balaban J connectivity index is 1.77. The highest BCUT2D eigenvalue weighted by atomic mass is 16.5. The van der Waals surface area contributed by atoms with Gasteiger partial charge in [0.05, 0.1) is 6.54 Å². The Morgan fingerprint density at radius 2 is 2.24 bits per heavy atom. The van der Waals surface area contributed by atoms with E-state index in [0.29, 0.717) is 6.54 Å². The van der Waals surface area contributed by atoms with E-state index in [1.54, 1.807) is 0 Å². The number of carboxylic acid groups (broad SMARTS) is 1. The molecule has 1 unspecified atom stereocenters. The summed E-state index contributed by atoms with van der Waals surface area (Å²) in [6.45, 7) is 0.360. The number of hydrogen-bond donors (Lipinski definition) is 2. The molecule has 1 heterocycles. The maximum absolute atomic E-state index is 10.4. The number of amides is 1. The first-order valence-corrected chi connectivity index (χ1v) is 6.01. The maximum Gasteiger partial charge on any atom is 0.404 e. The summed E-state index contributed by atoms with van der Waals surface area (Å²) < 4.78 is 5.87. The normalized spacial score (nSPS) is 20.6. The smallest absolute Gasteiger partial charge is 0.404 e. The molecular weight excluding hydrogens is 218 g/mol. The van der Waals surface area contributed by atoms with Crippen molar-refractivity contribution in [1.82, 2.24) is 5.32 Å². The largest absolute Gasteiger partial charge is 0.488 e. The molecule has 90 valence electrons. The SMILES string of the molecule is O=C(O)NCC1Cc2ccc3c(c2O1)CCC3. The lowest BCUT2D eigenvalue weighted by molar-refractivity contribution is 0.180. The summed E-state index contributed by atoms with van der Waals surface area (Å²) in [5.41, 5.74) is 3.97. The highest BCUT2D eigenvalue weighted by molar-refractivity contribution is 5.64. The van der Waals surface area contributed by atoms with Crippen LogP contribution in [0.4, 0.5) is 4.79 Å². The number of hydrogen-bond acceptors (Lipinski definition) is 2. The lowest BCUT2D eigenvalue weighted by Crippen LogP contribution is -2.33. The van der Waals surface area contributed by atoms with Gasteiger partial charge >= 0.3 is 6.09 Å². The lowest BCUT2D eigenvalue weighted by atomic mass is 10.0. The molecule has 1 aliphatic heterocycles. The van der Waals surface area contributed by atoms with E-state index in [-0.39, 0.29) is 6.10 Å². The average molecular weight is 233 g/mol. The van der Waals surface area contributed by atoms with Crippen LogP contribution in [0.5, 0.6) is 5.75 Å². The number of benzene rings is 1. The zero-order valence-electron chi connectivity index (χ0n) is 9.53. The van der Waals surface area contributed by atoms with Crippen LogP contribution in [0.15, 0.2) is 12.1 Å². The van der Waals surface area contributed by atoms with Crippen LogP contribution in [-0.4, -0.2) is 23.8 Å². The molecule has 0 fully saturated rings. The van der Waals surface area contributed by atoms with Gasteiger partial charge in [0.15, 0.2) is 0 Å². The van der Waals surface area contributed by atoms with E-state index < -0.39 is 6.09 Å². The molecule has 4 heteroatoms. The molecule has 0 radical (unpaired) electrons. The van der Waals surface area contributed by atoms with E-state index in [9.17, 15) is 4.79 Å². The van der Waals surface area contributed by atoms with Gasteiger partial charge in [-0.2, -0.15) is 0 Å². The second-order valence-electron chi connectivity index (χ2n) is 4.68. The molecule has 0 saturated carbocycles. The number of aryl methyl sites for hydroxylation is 1. The topological polar surface area (TPSA) is 58.6 Å². The molecule has 17 heavy (non-hydrogen) atoms. The summed E-state index contributed by atoms with van der Waals surface area (Å²) in [6.07, 6.45) is 3.21. The van der Waals surface area contributed by atoms with E-state index in [4.69, 9.17) is 9.84 Å². The molecule has 4 nitrogen and oxygen atoms in total. The Morgan fingerprint density at radius 1 is 1.41 bits per heavy atom. The van der Waals surface area contributed by atoms with Gasteiger partial charge in [0, 0.05) is 6.42 Å². The number of nitrogens with one attached hydrogen (secondary N) is 1. The second-order valence-corrected chi connectivity index (χ2v) is 4.68. The summed E-state index contributed by atoms with van der Waals surface area (Å²) >= 11 is 0. The first-order chi connectivity index (χ1) is 8.24. The molecule has 0 spiro atoms. The molecule has 3 rings (SSSR count). The Morgan fingerprint density at radius 3 is 3.06 bits per heavy atom. The Hall–Kier alpha value is -1.71. The third-order valence-electron chi connectivity index (χ3n) is 3.53. The molecular formula is C13H15NO3. The molecule has 1 amide bonds. The zero-order chi connectivity index (χ0) is 11.8. The van der Waals surface area contributed by atoms with Gasteiger partial charge in [-0.25, -0.2) is 4.79 Å². The fourth-order valence-electron chi connectivity index (χ4n) is 2.76. The summed E-state index contributed by atoms with van der Waals surface area (Å²) in [6, 6.07) is 4.32. The number of rotatable bonds is 2. The molecule has 1 aliphatic carbocycles. The van der Waals surface area contributed by atoms with Crippen LogP contribution in [-0.2, 0) is 19.3 Å². The summed E-state index contributed by atoms with van der Waals surface area (Å²) in [5.74, 6) is 1.03. The fourth-order valence-corrected chi connectivity index (χ4v) is 2.76. The van der Waals surface area contributed by atoms with Crippen molar-refractivity contribution in [3.05, 3.63) is 28.8 Å². The molecule has 2 N–H and O–H groups in total. The quantitative estimate of drug-likeness (QED) is 0.818. The Bertz CT molecular complexity index is 470. The number of carbonyl (C=O) groups is 1. The van der Waals surface area contributed by atoms with Crippen molar-refractivity contribution in [1.29, 1.82) is 0 Å². The van der Waals surface area contributed by atoms with E-state index in [1.165, 1.54) is 23.1 Å². The van der Waals surface area contributed by atoms with Crippen LogP contribution in [0.25, 0.3) is 0 Å². The van der Waals surface area contributed by atoms with Gasteiger partial charge in [-0.3, -0.25) is 0 Å². The average Bonchev–Trinajstić information content (AvgIpc) is 2.91. The predicted molar refractivity (Wildman–Crippen MR) is 62.6 cm³/mol. The standard InChI is InChI=1S/C13H15NO3/c15-13(16)14-7-10-6-9-5-4-8-2-1-3-11(8)12(9)17-10/h4-5,10,14H,1-3,6-7H2,(H,15,16). The summed E-state index contributed by atoms with van der Waals surface area (Å²) in [4.78, 5) is 10.4. The second kappa shape index (κ2) is 3.95. The van der Waals surface area contributed by atoms with Crippen LogP contribution in [0.3, 0.4) is 0 Å². The molecule has 0 saturated heterocycles. The molecule has 1 atom stereocenters. The van der Waals surface area contributed by atoms with Gasteiger partial charge < -0.3 is 15.2 Å². The highest BCUT2D eigenvalue weighted by Gasteiger charge is 2.28. The lowest BCUT2D eigenvalue weighted by Gasteiger charge is -2.11. The van der Waals surface area contributed by atoms with Crippen molar-refractivity contribution in [3.8, 4) is 5.75 Å². The molecule has 2 aliphatic rings. The molecule has 1 aromatic carbocycles. The van der Waals surface area contributed by atoms with Crippen molar-refractivity contribution in [2.45, 2.75) is 31.8 Å². The van der Waals surface area contributed by atoms with Gasteiger partial charge in [0.2, 0.25) is 0 Å². The van der Waals surface area contributed by atoms with Crippen LogP contribution in [0.1, 0.15) is 23.1 Å². The van der Waals surface area contributed by atoms with Gasteiger partial charge in [-0.1, -0.05) is 12.1 Å². The Labute approximate surface area is 99.6 Å². The van der Waals surface area contributed by atoms with Crippen molar-refractivity contribution in [3.63, 3.8) is 0 Å². The predicted octanol–water partition coefficient (Wildman–Crippen LogP) is 1.75. The van der Waals surface area contributed by atoms with E-state index >= 15 is 0 Å². The van der Waals surface area contributed by atoms with E-state index in [2.05, 4.69) is 17.4 Å². The van der Waals surface area contributed by atoms with Gasteiger partial charge in [0.1, 0.15) is 11.9 Å². The summed E-state index contributed by atoms with van der Waals surface area (Å²) in [7, 11) is 0. The van der Waals surface area contributed by atoms with E-state index in [0.717, 1.165) is 25.0 Å². The van der Waals surface area contributed by atoms with Crippen molar-refractivity contribution < 1.29 is 14.6 Å². The van der Waals surface area contributed by atoms with Crippen molar-refractivity contribution in [2.24, 2.45) is 0 Å². The van der Waals surface area contributed by atoms with Crippen LogP contribution in [0, 0.1) is 0 Å². The first kappa shape index (κ1) is 10.4. The zero-order valence-corrected chi connectivity index (χ0v) is 9.53. The van der Waals surface area contributed by atoms with E-state index in [1.807, 2.05) is 0 Å². The molecule has 0 aromatic heterocycles. The Kier molecular flexibility index (Phi) is 2.42. The van der Waals surface area contributed by atoms with Gasteiger partial charge in [-0.15, -0.1) is 0 Å². The molecule has 0 bridgehead atoms. The highest BCUT2D eigenvalue weighted by Crippen LogP contribution is 2.38. The van der Waals surface area contributed by atoms with Crippen molar-refractivity contribution >= 4 is 6.09 Å². The first-order valence-electron chi connectivity index (χ1n) is 6.01. The van der Waals surface area contributed by atoms with Crippen LogP contribution >= 0.6 is 0 Å². The maximum atomic E-state index is 10.4. The monoisotopic (exact) mass is 233 g/mol. The minimum Gasteiger partial charge on any atom is -0.488 e. The van der Waals surface area contributed by atoms with Gasteiger partial charge in [-0.05, 0) is 36.0 Å². The van der Waals surface area contributed by atoms with Crippen LogP contribution < -0.4 is 10.1 Å². The molecule has 1 aromatic rings. The summed E-state index contributed by atoms with van der Waals surface area (Å²) in [5, 5.41) is 11.0. The number of fused-ring (bicyclic) bond motifs is 3. The fraction of sp³-hybridized carbons (Fsp3) is 0.462. The third-order valence-corrected chi connectivity index (χ3v) is 3.53. The van der Waals surface area contributed by atoms with Crippen LogP contribution in [0.2, 0.25) is 0 Å².